The number of likely N-dealkylation sites (tertiary alicyclic amines) is 1. The van der Waals surface area contributed by atoms with Crippen molar-refractivity contribution in [3.63, 3.8) is 0 Å². The lowest BCUT2D eigenvalue weighted by Crippen LogP contribution is -2.51. The first kappa shape index (κ1) is 10.0. The molecule has 2 nitrogen and oxygen atoms in total. The maximum absolute atomic E-state index is 9.67. The fraction of sp³-hybridized carbons (Fsp3) is 1.00. The Morgan fingerprint density at radius 1 is 1.33 bits per heavy atom. The van der Waals surface area contributed by atoms with E-state index >= 15 is 0 Å². The average molecular weight is 171 g/mol. The first-order valence-electron chi connectivity index (χ1n) is 4.84. The molecule has 0 amide bonds. The van der Waals surface area contributed by atoms with Crippen LogP contribution < -0.4 is 0 Å². The van der Waals surface area contributed by atoms with Gasteiger partial charge in [-0.3, -0.25) is 4.90 Å². The fourth-order valence-electron chi connectivity index (χ4n) is 1.66. The van der Waals surface area contributed by atoms with Crippen LogP contribution in [-0.4, -0.2) is 34.7 Å². The maximum Gasteiger partial charge on any atom is 0.0693 e. The molecule has 0 unspecified atom stereocenters. The van der Waals surface area contributed by atoms with Gasteiger partial charge >= 0.3 is 0 Å². The van der Waals surface area contributed by atoms with Crippen LogP contribution in [0.25, 0.3) is 0 Å². The van der Waals surface area contributed by atoms with Gasteiger partial charge in [-0.1, -0.05) is 6.92 Å². The van der Waals surface area contributed by atoms with E-state index in [1.807, 2.05) is 0 Å². The van der Waals surface area contributed by atoms with Gasteiger partial charge in [-0.25, -0.2) is 0 Å². The van der Waals surface area contributed by atoms with Crippen LogP contribution in [0.5, 0.6) is 0 Å². The van der Waals surface area contributed by atoms with Gasteiger partial charge in [0.25, 0.3) is 0 Å². The van der Waals surface area contributed by atoms with Crippen LogP contribution in [0, 0.1) is 5.92 Å². The van der Waals surface area contributed by atoms with Crippen molar-refractivity contribution in [1.29, 1.82) is 0 Å². The lowest BCUT2D eigenvalue weighted by molar-refractivity contribution is -0.00914. The van der Waals surface area contributed by atoms with Gasteiger partial charge in [0.05, 0.1) is 6.10 Å². The number of aliphatic hydroxyl groups excluding tert-OH is 1. The van der Waals surface area contributed by atoms with Crippen molar-refractivity contribution >= 4 is 0 Å². The molecule has 0 spiro atoms. The maximum atomic E-state index is 9.67. The molecule has 0 saturated carbocycles. The molecule has 0 bridgehead atoms. The molecule has 1 heterocycles. The van der Waals surface area contributed by atoms with E-state index in [-0.39, 0.29) is 11.6 Å². The van der Waals surface area contributed by atoms with Crippen LogP contribution in [0.1, 0.15) is 34.1 Å². The minimum atomic E-state index is -0.127. The molecule has 0 aromatic heterocycles. The van der Waals surface area contributed by atoms with Gasteiger partial charge in [-0.2, -0.15) is 0 Å². The molecule has 2 atom stereocenters. The van der Waals surface area contributed by atoms with E-state index < -0.39 is 0 Å². The molecule has 1 saturated heterocycles. The van der Waals surface area contributed by atoms with Crippen LogP contribution in [0.15, 0.2) is 0 Å². The summed E-state index contributed by atoms with van der Waals surface area (Å²) in [4.78, 5) is 2.36. The third-order valence-corrected chi connectivity index (χ3v) is 2.87. The number of nitrogens with zero attached hydrogens (tertiary/aromatic N) is 1. The Labute approximate surface area is 75.6 Å². The number of hydrogen-bond acceptors (Lipinski definition) is 2. The Kier molecular flexibility index (Phi) is 2.79. The van der Waals surface area contributed by atoms with Crippen molar-refractivity contribution in [2.24, 2.45) is 5.92 Å². The molecular weight excluding hydrogens is 150 g/mol. The van der Waals surface area contributed by atoms with Crippen LogP contribution in [0.4, 0.5) is 0 Å². The van der Waals surface area contributed by atoms with E-state index in [1.54, 1.807) is 0 Å². The quantitative estimate of drug-likeness (QED) is 0.597. The number of aliphatic hydroxyl groups is 1. The molecule has 1 N–H and O–H groups in total. The molecule has 12 heavy (non-hydrogen) atoms. The zero-order chi connectivity index (χ0) is 9.35. The zero-order valence-corrected chi connectivity index (χ0v) is 8.67. The molecule has 1 fully saturated rings. The first-order valence-corrected chi connectivity index (χ1v) is 4.84. The molecule has 0 radical (unpaired) electrons. The van der Waals surface area contributed by atoms with Gasteiger partial charge in [0, 0.05) is 12.1 Å². The molecule has 1 rings (SSSR count). The normalized spacial score (nSPS) is 33.8. The minimum Gasteiger partial charge on any atom is -0.392 e. The zero-order valence-electron chi connectivity index (χ0n) is 8.67. The van der Waals surface area contributed by atoms with Crippen molar-refractivity contribution in [2.45, 2.75) is 45.8 Å². The summed E-state index contributed by atoms with van der Waals surface area (Å²) in [5, 5.41) is 9.67. The van der Waals surface area contributed by atoms with Crippen molar-refractivity contribution in [2.75, 3.05) is 13.1 Å². The van der Waals surface area contributed by atoms with Gasteiger partial charge < -0.3 is 5.11 Å². The molecule has 1 aliphatic heterocycles. The highest BCUT2D eigenvalue weighted by Crippen LogP contribution is 2.23. The molecule has 0 aliphatic carbocycles. The summed E-state index contributed by atoms with van der Waals surface area (Å²) in [6.45, 7) is 10.7. The highest BCUT2D eigenvalue weighted by molar-refractivity contribution is 4.84. The lowest BCUT2D eigenvalue weighted by atomic mass is 9.92. The number of piperidine rings is 1. The largest absolute Gasteiger partial charge is 0.392 e. The smallest absolute Gasteiger partial charge is 0.0693 e. The van der Waals surface area contributed by atoms with E-state index in [1.165, 1.54) is 0 Å². The SMILES string of the molecule is C[C@@H]1CCN(C(C)(C)C)C[C@@H]1O. The summed E-state index contributed by atoms with van der Waals surface area (Å²) in [5.41, 5.74) is 0.209. The van der Waals surface area contributed by atoms with Gasteiger partial charge in [-0.05, 0) is 39.7 Å². The van der Waals surface area contributed by atoms with Gasteiger partial charge in [0.15, 0.2) is 0 Å². The van der Waals surface area contributed by atoms with Gasteiger partial charge in [0.2, 0.25) is 0 Å². The molecule has 72 valence electrons. The Balaban J connectivity index is 2.51. The summed E-state index contributed by atoms with van der Waals surface area (Å²) >= 11 is 0. The monoisotopic (exact) mass is 171 g/mol. The summed E-state index contributed by atoms with van der Waals surface area (Å²) in [7, 11) is 0. The number of hydrogen-bond donors (Lipinski definition) is 1. The standard InChI is InChI=1S/C10H21NO/c1-8-5-6-11(7-9(8)12)10(2,3)4/h8-9,12H,5-7H2,1-4H3/t8-,9+/m1/s1. The molecule has 0 aromatic carbocycles. The van der Waals surface area contributed by atoms with E-state index in [0.29, 0.717) is 5.92 Å². The molecule has 2 heteroatoms. The van der Waals surface area contributed by atoms with Crippen molar-refractivity contribution in [1.82, 2.24) is 4.90 Å². The van der Waals surface area contributed by atoms with Crippen LogP contribution >= 0.6 is 0 Å². The van der Waals surface area contributed by atoms with Crippen LogP contribution in [0.3, 0.4) is 0 Å². The number of β-amino-alcohol motifs (C(OH)–C–C–N with tert-alkyl or cyclic N) is 1. The molecule has 0 aromatic rings. The second-order valence-electron chi connectivity index (χ2n) is 4.95. The van der Waals surface area contributed by atoms with E-state index in [2.05, 4.69) is 32.6 Å². The predicted octanol–water partition coefficient (Wildman–Crippen LogP) is 1.49. The Morgan fingerprint density at radius 2 is 1.92 bits per heavy atom. The lowest BCUT2D eigenvalue weighted by Gasteiger charge is -2.42. The Hall–Kier alpha value is -0.0800. The summed E-state index contributed by atoms with van der Waals surface area (Å²) in [6.07, 6.45) is 0.997. The summed E-state index contributed by atoms with van der Waals surface area (Å²) in [5.74, 6) is 0.476. The topological polar surface area (TPSA) is 23.5 Å². The Bertz CT molecular complexity index is 150. The van der Waals surface area contributed by atoms with E-state index in [4.69, 9.17) is 0 Å². The minimum absolute atomic E-state index is 0.127. The Morgan fingerprint density at radius 3 is 2.33 bits per heavy atom. The highest BCUT2D eigenvalue weighted by Gasteiger charge is 2.30. The second-order valence-corrected chi connectivity index (χ2v) is 4.95. The first-order chi connectivity index (χ1) is 5.41. The van der Waals surface area contributed by atoms with E-state index in [9.17, 15) is 5.11 Å². The summed E-state index contributed by atoms with van der Waals surface area (Å²) in [6, 6.07) is 0. The van der Waals surface area contributed by atoms with Crippen molar-refractivity contribution in [3.05, 3.63) is 0 Å². The third-order valence-electron chi connectivity index (χ3n) is 2.87. The van der Waals surface area contributed by atoms with Crippen LogP contribution in [-0.2, 0) is 0 Å². The second kappa shape index (κ2) is 3.35. The highest BCUT2D eigenvalue weighted by atomic mass is 16.3. The number of rotatable bonds is 0. The van der Waals surface area contributed by atoms with Crippen molar-refractivity contribution in [3.8, 4) is 0 Å². The predicted molar refractivity (Wildman–Crippen MR) is 51.1 cm³/mol. The van der Waals surface area contributed by atoms with Gasteiger partial charge in [0.1, 0.15) is 0 Å². The molecule has 1 aliphatic rings. The van der Waals surface area contributed by atoms with E-state index in [0.717, 1.165) is 19.5 Å². The third kappa shape index (κ3) is 2.20. The molecular formula is C10H21NO. The van der Waals surface area contributed by atoms with Crippen LogP contribution in [0.2, 0.25) is 0 Å². The fourth-order valence-corrected chi connectivity index (χ4v) is 1.66. The summed E-state index contributed by atoms with van der Waals surface area (Å²) < 4.78 is 0. The average Bonchev–Trinajstić information content (AvgIpc) is 1.92. The van der Waals surface area contributed by atoms with Gasteiger partial charge in [-0.15, -0.1) is 0 Å². The van der Waals surface area contributed by atoms with Crippen molar-refractivity contribution < 1.29 is 5.11 Å².